The van der Waals surface area contributed by atoms with Gasteiger partial charge in [0, 0.05) is 31.6 Å². The predicted molar refractivity (Wildman–Crippen MR) is 111 cm³/mol. The fourth-order valence-corrected chi connectivity index (χ4v) is 3.48. The van der Waals surface area contributed by atoms with Crippen LogP contribution in [0.3, 0.4) is 0 Å². The number of amides is 3. The highest BCUT2D eigenvalue weighted by Crippen LogP contribution is 2.16. The van der Waals surface area contributed by atoms with E-state index in [2.05, 4.69) is 0 Å². The van der Waals surface area contributed by atoms with Crippen LogP contribution in [-0.2, 0) is 17.9 Å². The van der Waals surface area contributed by atoms with Crippen molar-refractivity contribution in [3.63, 3.8) is 0 Å². The molecule has 0 radical (unpaired) electrons. The summed E-state index contributed by atoms with van der Waals surface area (Å²) < 4.78 is 0. The van der Waals surface area contributed by atoms with Crippen molar-refractivity contribution in [2.24, 2.45) is 0 Å². The van der Waals surface area contributed by atoms with Crippen LogP contribution in [0.25, 0.3) is 0 Å². The molecule has 1 aromatic carbocycles. The highest BCUT2D eigenvalue weighted by Gasteiger charge is 2.26. The number of thiophene rings is 1. The van der Waals surface area contributed by atoms with Crippen molar-refractivity contribution in [2.75, 3.05) is 20.6 Å². The van der Waals surface area contributed by atoms with Gasteiger partial charge in [0.05, 0.1) is 6.54 Å². The Balaban J connectivity index is 2.18. The largest absolute Gasteiger partial charge is 0.332 e. The quantitative estimate of drug-likeness (QED) is 0.686. The molecule has 0 aliphatic heterocycles. The number of benzene rings is 1. The fraction of sp³-hybridized carbons (Fsp3) is 0.429. The molecule has 27 heavy (non-hydrogen) atoms. The number of carbonyl (C=O) groups is 2. The number of urea groups is 1. The minimum absolute atomic E-state index is 0.00385. The van der Waals surface area contributed by atoms with Crippen molar-refractivity contribution in [1.29, 1.82) is 0 Å². The van der Waals surface area contributed by atoms with Gasteiger partial charge in [0.1, 0.15) is 6.54 Å². The van der Waals surface area contributed by atoms with Crippen molar-refractivity contribution in [3.8, 4) is 0 Å². The maximum Gasteiger partial charge on any atom is 0.320 e. The van der Waals surface area contributed by atoms with Crippen molar-refractivity contribution in [1.82, 2.24) is 14.7 Å². The molecule has 2 rings (SSSR count). The maximum atomic E-state index is 13.1. The lowest BCUT2D eigenvalue weighted by Gasteiger charge is -2.33. The number of hydrogen-bond acceptors (Lipinski definition) is 3. The zero-order chi connectivity index (χ0) is 19.8. The van der Waals surface area contributed by atoms with Gasteiger partial charge < -0.3 is 14.7 Å². The summed E-state index contributed by atoms with van der Waals surface area (Å²) in [6, 6.07) is 13.9. The van der Waals surface area contributed by atoms with Gasteiger partial charge in [-0.05, 0) is 30.4 Å². The zero-order valence-electron chi connectivity index (χ0n) is 16.6. The van der Waals surface area contributed by atoms with E-state index in [1.54, 1.807) is 30.3 Å². The first-order chi connectivity index (χ1) is 12.9. The van der Waals surface area contributed by atoms with E-state index in [1.165, 1.54) is 4.90 Å². The summed E-state index contributed by atoms with van der Waals surface area (Å²) in [6.45, 7) is 5.18. The van der Waals surface area contributed by atoms with Gasteiger partial charge in [0.15, 0.2) is 0 Å². The Morgan fingerprint density at radius 3 is 2.30 bits per heavy atom. The lowest BCUT2D eigenvalue weighted by molar-refractivity contribution is -0.133. The normalized spacial score (nSPS) is 11.7. The van der Waals surface area contributed by atoms with Crippen LogP contribution in [0.4, 0.5) is 4.79 Å². The van der Waals surface area contributed by atoms with Crippen molar-refractivity contribution in [3.05, 3.63) is 58.3 Å². The Hall–Kier alpha value is -2.34. The highest BCUT2D eigenvalue weighted by atomic mass is 32.1. The van der Waals surface area contributed by atoms with Gasteiger partial charge in [-0.1, -0.05) is 43.3 Å². The summed E-state index contributed by atoms with van der Waals surface area (Å²) in [6.07, 6.45) is 0.802. The third-order valence-corrected chi connectivity index (χ3v) is 5.41. The average Bonchev–Trinajstić information content (AvgIpc) is 3.18. The Morgan fingerprint density at radius 1 is 1.04 bits per heavy atom. The van der Waals surface area contributed by atoms with Crippen LogP contribution < -0.4 is 0 Å². The standard InChI is InChI=1S/C21H29N3O2S/c1-5-17(2)24(21(26)22(3)4)16-20(25)23(15-19-12-9-13-27-19)14-18-10-7-6-8-11-18/h6-13,17H,5,14-16H2,1-4H3/t17-/m0/s1. The van der Waals surface area contributed by atoms with Gasteiger partial charge in [-0.3, -0.25) is 4.79 Å². The molecular weight excluding hydrogens is 358 g/mol. The van der Waals surface area contributed by atoms with Gasteiger partial charge in [-0.25, -0.2) is 4.79 Å². The van der Waals surface area contributed by atoms with Crippen LogP contribution >= 0.6 is 11.3 Å². The molecule has 0 saturated heterocycles. The van der Waals surface area contributed by atoms with Gasteiger partial charge in [-0.15, -0.1) is 11.3 Å². The molecule has 0 N–H and O–H groups in total. The molecule has 3 amide bonds. The fourth-order valence-electron chi connectivity index (χ4n) is 2.76. The van der Waals surface area contributed by atoms with Crippen LogP contribution in [0.15, 0.2) is 47.8 Å². The first-order valence-electron chi connectivity index (χ1n) is 9.24. The summed E-state index contributed by atoms with van der Waals surface area (Å²) in [5.41, 5.74) is 1.08. The number of carbonyl (C=O) groups excluding carboxylic acids is 2. The Kier molecular flexibility index (Phi) is 7.85. The van der Waals surface area contributed by atoms with E-state index in [9.17, 15) is 9.59 Å². The molecule has 0 spiro atoms. The first kappa shape index (κ1) is 21.0. The van der Waals surface area contributed by atoms with E-state index in [0.29, 0.717) is 13.1 Å². The molecule has 0 fully saturated rings. The summed E-state index contributed by atoms with van der Waals surface area (Å²) in [7, 11) is 3.44. The first-order valence-corrected chi connectivity index (χ1v) is 10.1. The van der Waals surface area contributed by atoms with Crippen molar-refractivity contribution >= 4 is 23.3 Å². The molecule has 0 aliphatic carbocycles. The summed E-state index contributed by atoms with van der Waals surface area (Å²) in [5.74, 6) is -0.0391. The third-order valence-electron chi connectivity index (χ3n) is 4.55. The second-order valence-electron chi connectivity index (χ2n) is 6.88. The Labute approximate surface area is 166 Å². The molecule has 0 saturated carbocycles. The van der Waals surface area contributed by atoms with E-state index in [-0.39, 0.29) is 24.5 Å². The third kappa shape index (κ3) is 6.10. The van der Waals surface area contributed by atoms with Crippen molar-refractivity contribution < 1.29 is 9.59 Å². The molecule has 1 heterocycles. The number of nitrogens with zero attached hydrogens (tertiary/aromatic N) is 3. The van der Waals surface area contributed by atoms with Crippen LogP contribution in [0.1, 0.15) is 30.7 Å². The van der Waals surface area contributed by atoms with E-state index < -0.39 is 0 Å². The van der Waals surface area contributed by atoms with Gasteiger partial charge >= 0.3 is 6.03 Å². The number of rotatable bonds is 8. The molecule has 1 aromatic heterocycles. The van der Waals surface area contributed by atoms with E-state index >= 15 is 0 Å². The highest BCUT2D eigenvalue weighted by molar-refractivity contribution is 7.09. The second kappa shape index (κ2) is 10.1. The molecule has 1 atom stereocenters. The van der Waals surface area contributed by atoms with Crippen LogP contribution in [0, 0.1) is 0 Å². The predicted octanol–water partition coefficient (Wildman–Crippen LogP) is 4.06. The van der Waals surface area contributed by atoms with Crippen LogP contribution in [0.2, 0.25) is 0 Å². The Bertz CT molecular complexity index is 716. The van der Waals surface area contributed by atoms with E-state index in [4.69, 9.17) is 0 Å². The van der Waals surface area contributed by atoms with Crippen LogP contribution in [-0.4, -0.2) is 53.3 Å². The van der Waals surface area contributed by atoms with Crippen molar-refractivity contribution in [2.45, 2.75) is 39.4 Å². The summed E-state index contributed by atoms with van der Waals surface area (Å²) in [5, 5.41) is 2.02. The van der Waals surface area contributed by atoms with E-state index in [0.717, 1.165) is 16.9 Å². The molecule has 0 bridgehead atoms. The Morgan fingerprint density at radius 2 is 1.74 bits per heavy atom. The molecule has 146 valence electrons. The summed E-state index contributed by atoms with van der Waals surface area (Å²) in [4.78, 5) is 31.9. The lowest BCUT2D eigenvalue weighted by Crippen LogP contribution is -2.49. The second-order valence-corrected chi connectivity index (χ2v) is 7.91. The average molecular weight is 388 g/mol. The smallest absolute Gasteiger partial charge is 0.320 e. The maximum absolute atomic E-state index is 13.1. The minimum atomic E-state index is -0.131. The summed E-state index contributed by atoms with van der Waals surface area (Å²) >= 11 is 1.64. The zero-order valence-corrected chi connectivity index (χ0v) is 17.4. The monoisotopic (exact) mass is 387 g/mol. The molecule has 2 aromatic rings. The molecule has 0 unspecified atom stereocenters. The molecular formula is C21H29N3O2S. The van der Waals surface area contributed by atoms with Crippen LogP contribution in [0.5, 0.6) is 0 Å². The topological polar surface area (TPSA) is 43.9 Å². The minimum Gasteiger partial charge on any atom is -0.332 e. The van der Waals surface area contributed by atoms with Gasteiger partial charge in [0.2, 0.25) is 5.91 Å². The molecule has 6 heteroatoms. The van der Waals surface area contributed by atoms with Gasteiger partial charge in [-0.2, -0.15) is 0 Å². The van der Waals surface area contributed by atoms with E-state index in [1.807, 2.05) is 66.6 Å². The van der Waals surface area contributed by atoms with Gasteiger partial charge in [0.25, 0.3) is 0 Å². The SMILES string of the molecule is CC[C@H](C)N(CC(=O)N(Cc1ccccc1)Cc1cccs1)C(=O)N(C)C. The molecule has 5 nitrogen and oxygen atoms in total. The molecule has 0 aliphatic rings. The lowest BCUT2D eigenvalue weighted by atomic mass is 10.2. The number of hydrogen-bond donors (Lipinski definition) is 0.